The molecule has 0 saturated heterocycles. The van der Waals surface area contributed by atoms with Crippen molar-refractivity contribution in [3.63, 3.8) is 0 Å². The number of hydrogen-bond donors (Lipinski definition) is 2. The Bertz CT molecular complexity index is 151. The minimum atomic E-state index is -4.20. The van der Waals surface area contributed by atoms with Gasteiger partial charge in [-0.3, -0.25) is 4.55 Å². The Balaban J connectivity index is 0. The van der Waals surface area contributed by atoms with Crippen LogP contribution in [0.3, 0.4) is 0 Å². The van der Waals surface area contributed by atoms with Crippen molar-refractivity contribution in [2.24, 2.45) is 0 Å². The molecule has 1 unspecified atom stereocenters. The van der Waals surface area contributed by atoms with E-state index in [1.54, 1.807) is 0 Å². The molecular weight excluding hydrogens is 251 g/mol. The second-order valence-electron chi connectivity index (χ2n) is 1.38. The summed E-state index contributed by atoms with van der Waals surface area (Å²) < 4.78 is 27.7. The van der Waals surface area contributed by atoms with Gasteiger partial charge < -0.3 is 5.11 Å². The van der Waals surface area contributed by atoms with Gasteiger partial charge in [-0.25, -0.2) is 0 Å². The van der Waals surface area contributed by atoms with Gasteiger partial charge in [-0.1, -0.05) is 6.92 Å². The van der Waals surface area contributed by atoms with Crippen LogP contribution in [0.5, 0.6) is 0 Å². The zero-order valence-corrected chi connectivity index (χ0v) is 9.96. The zero-order valence-electron chi connectivity index (χ0n) is 5.11. The first-order chi connectivity index (χ1) is 3.48. The van der Waals surface area contributed by atoms with Gasteiger partial charge in [0.2, 0.25) is 0 Å². The summed E-state index contributed by atoms with van der Waals surface area (Å²) in [5.74, 6) is 0. The van der Waals surface area contributed by atoms with Crippen molar-refractivity contribution in [2.45, 2.75) is 18.8 Å². The Morgan fingerprint density at radius 2 is 1.89 bits per heavy atom. The SMILES string of the molecule is CCC(O)S(=O)(=O)O.[SnH2]. The monoisotopic (exact) mass is 262 g/mol. The van der Waals surface area contributed by atoms with E-state index < -0.39 is 15.6 Å². The van der Waals surface area contributed by atoms with Crippen LogP contribution in [0.4, 0.5) is 0 Å². The predicted molar refractivity (Wildman–Crippen MR) is 36.4 cm³/mol. The molecule has 0 aromatic heterocycles. The Hall–Kier alpha value is 0.669. The molecular formula is C3H10O4SSn. The van der Waals surface area contributed by atoms with Crippen molar-refractivity contribution in [3.05, 3.63) is 0 Å². The first kappa shape index (κ1) is 12.4. The van der Waals surface area contributed by atoms with Gasteiger partial charge in [-0.05, 0) is 6.42 Å². The molecule has 9 heavy (non-hydrogen) atoms. The number of hydrogen-bond acceptors (Lipinski definition) is 3. The van der Waals surface area contributed by atoms with Gasteiger partial charge in [-0.15, -0.1) is 0 Å². The van der Waals surface area contributed by atoms with E-state index in [9.17, 15) is 8.42 Å². The van der Waals surface area contributed by atoms with Crippen LogP contribution in [0.25, 0.3) is 0 Å². The summed E-state index contributed by atoms with van der Waals surface area (Å²) in [6, 6.07) is 0. The molecule has 2 N–H and O–H groups in total. The third kappa shape index (κ3) is 5.13. The molecule has 0 spiro atoms. The molecule has 0 bridgehead atoms. The maximum atomic E-state index is 9.87. The summed E-state index contributed by atoms with van der Waals surface area (Å²) >= 11 is 0. The van der Waals surface area contributed by atoms with E-state index in [-0.39, 0.29) is 30.3 Å². The number of aliphatic hydroxyl groups is 1. The van der Waals surface area contributed by atoms with Gasteiger partial charge >= 0.3 is 23.9 Å². The van der Waals surface area contributed by atoms with E-state index in [0.29, 0.717) is 0 Å². The first-order valence-corrected chi connectivity index (χ1v) is 3.63. The van der Waals surface area contributed by atoms with Crippen LogP contribution < -0.4 is 0 Å². The van der Waals surface area contributed by atoms with Gasteiger partial charge in [-0.2, -0.15) is 8.42 Å². The zero-order chi connectivity index (χ0) is 6.78. The summed E-state index contributed by atoms with van der Waals surface area (Å²) in [5, 5.41) is 8.36. The molecule has 0 rings (SSSR count). The molecule has 0 fully saturated rings. The molecule has 0 aliphatic rings. The van der Waals surface area contributed by atoms with Crippen molar-refractivity contribution in [2.75, 3.05) is 0 Å². The Morgan fingerprint density at radius 1 is 1.56 bits per heavy atom. The fraction of sp³-hybridized carbons (Fsp3) is 1.00. The fourth-order valence-corrected chi connectivity index (χ4v) is 0.632. The van der Waals surface area contributed by atoms with Crippen molar-refractivity contribution in [1.82, 2.24) is 0 Å². The molecule has 2 radical (unpaired) electrons. The third-order valence-electron chi connectivity index (χ3n) is 0.693. The Morgan fingerprint density at radius 3 is 1.89 bits per heavy atom. The van der Waals surface area contributed by atoms with Crippen LogP contribution in [0.2, 0.25) is 0 Å². The van der Waals surface area contributed by atoms with E-state index in [4.69, 9.17) is 9.66 Å². The van der Waals surface area contributed by atoms with E-state index >= 15 is 0 Å². The standard InChI is InChI=1S/C3H8O4S.Sn.2H/c1-2-3(4)8(5,6)7;;;/h3-4H,2H2,1H3,(H,5,6,7);;;. The van der Waals surface area contributed by atoms with Crippen LogP contribution in [0.1, 0.15) is 13.3 Å². The average Bonchev–Trinajstić information content (AvgIpc) is 1.62. The topological polar surface area (TPSA) is 74.6 Å². The molecule has 6 heteroatoms. The van der Waals surface area contributed by atoms with Gasteiger partial charge in [0.05, 0.1) is 0 Å². The van der Waals surface area contributed by atoms with Crippen LogP contribution in [-0.4, -0.2) is 47.4 Å². The van der Waals surface area contributed by atoms with Crippen molar-refractivity contribution >= 4 is 34.0 Å². The van der Waals surface area contributed by atoms with Gasteiger partial charge in [0.1, 0.15) is 0 Å². The summed E-state index contributed by atoms with van der Waals surface area (Å²) in [5.41, 5.74) is -1.62. The minimum absolute atomic E-state index is 0. The molecule has 0 amide bonds. The molecule has 4 nitrogen and oxygen atoms in total. The molecule has 0 aromatic carbocycles. The van der Waals surface area contributed by atoms with Crippen LogP contribution in [0, 0.1) is 0 Å². The quantitative estimate of drug-likeness (QED) is 0.478. The molecule has 0 aromatic rings. The summed E-state index contributed by atoms with van der Waals surface area (Å²) in [6.07, 6.45) is 0.0127. The second kappa shape index (κ2) is 4.48. The van der Waals surface area contributed by atoms with Gasteiger partial charge in [0.25, 0.3) is 10.1 Å². The number of aliphatic hydroxyl groups excluding tert-OH is 1. The summed E-state index contributed by atoms with van der Waals surface area (Å²) in [6.45, 7) is 1.46. The van der Waals surface area contributed by atoms with Gasteiger partial charge in [0, 0.05) is 0 Å². The van der Waals surface area contributed by atoms with Crippen LogP contribution in [-0.2, 0) is 10.1 Å². The first-order valence-electron chi connectivity index (χ1n) is 2.13. The van der Waals surface area contributed by atoms with Crippen molar-refractivity contribution in [3.8, 4) is 0 Å². The molecule has 0 aliphatic heterocycles. The molecule has 0 heterocycles. The molecule has 1 atom stereocenters. The fourth-order valence-electron chi connectivity index (χ4n) is 0.211. The normalized spacial score (nSPS) is 14.1. The summed E-state index contributed by atoms with van der Waals surface area (Å²) in [4.78, 5) is 0. The van der Waals surface area contributed by atoms with E-state index in [2.05, 4.69) is 0 Å². The second-order valence-corrected chi connectivity index (χ2v) is 2.95. The van der Waals surface area contributed by atoms with E-state index in [1.807, 2.05) is 0 Å². The third-order valence-corrected chi connectivity index (χ3v) is 1.71. The Labute approximate surface area is 71.0 Å². The molecule has 0 aliphatic carbocycles. The molecule has 0 saturated carbocycles. The van der Waals surface area contributed by atoms with Crippen molar-refractivity contribution in [1.29, 1.82) is 0 Å². The van der Waals surface area contributed by atoms with Crippen LogP contribution >= 0.6 is 0 Å². The van der Waals surface area contributed by atoms with Gasteiger partial charge in [0.15, 0.2) is 5.44 Å². The number of rotatable bonds is 2. The average molecular weight is 261 g/mol. The Kier molecular flexibility index (Phi) is 6.15. The van der Waals surface area contributed by atoms with Crippen LogP contribution in [0.15, 0.2) is 0 Å². The maximum absolute atomic E-state index is 9.87. The van der Waals surface area contributed by atoms with E-state index in [0.717, 1.165) is 0 Å². The predicted octanol–water partition coefficient (Wildman–Crippen LogP) is -1.31. The summed E-state index contributed by atoms with van der Waals surface area (Å²) in [7, 11) is -4.20. The van der Waals surface area contributed by atoms with E-state index in [1.165, 1.54) is 6.92 Å². The van der Waals surface area contributed by atoms with Crippen molar-refractivity contribution < 1.29 is 18.1 Å². The molecule has 56 valence electrons.